The van der Waals surface area contributed by atoms with Crippen LogP contribution in [-0.2, 0) is 14.2 Å². The third-order valence-corrected chi connectivity index (χ3v) is 5.55. The van der Waals surface area contributed by atoms with Gasteiger partial charge in [-0.15, -0.1) is 0 Å². The van der Waals surface area contributed by atoms with Crippen molar-refractivity contribution in [3.8, 4) is 0 Å². The fourth-order valence-electron chi connectivity index (χ4n) is 4.12. The molecule has 1 saturated carbocycles. The van der Waals surface area contributed by atoms with E-state index in [0.29, 0.717) is 6.10 Å². The summed E-state index contributed by atoms with van der Waals surface area (Å²) in [5, 5.41) is 0. The highest BCUT2D eigenvalue weighted by atomic mass is 16.6. The molecule has 126 valence electrons. The second-order valence-electron chi connectivity index (χ2n) is 7.61. The van der Waals surface area contributed by atoms with Gasteiger partial charge in [0.25, 0.3) is 0 Å². The Bertz CT molecular complexity index is 371. The highest BCUT2D eigenvalue weighted by Gasteiger charge is 2.44. The molecule has 0 radical (unpaired) electrons. The Morgan fingerprint density at radius 1 is 0.864 bits per heavy atom. The molecule has 22 heavy (non-hydrogen) atoms. The van der Waals surface area contributed by atoms with Crippen molar-refractivity contribution in [2.75, 3.05) is 65.7 Å². The van der Waals surface area contributed by atoms with Crippen molar-refractivity contribution in [2.24, 2.45) is 5.92 Å². The van der Waals surface area contributed by atoms with E-state index in [0.717, 1.165) is 71.5 Å². The molecule has 3 heterocycles. The normalized spacial score (nSPS) is 38.5. The number of hydrogen-bond donors (Lipinski definition) is 0. The summed E-state index contributed by atoms with van der Waals surface area (Å²) >= 11 is 0. The highest BCUT2D eigenvalue weighted by molar-refractivity contribution is 4.95. The minimum atomic E-state index is -0.0393. The van der Waals surface area contributed by atoms with Gasteiger partial charge >= 0.3 is 0 Å². The minimum absolute atomic E-state index is 0.0393. The summed E-state index contributed by atoms with van der Waals surface area (Å²) in [7, 11) is 0. The Labute approximate surface area is 133 Å². The van der Waals surface area contributed by atoms with Crippen LogP contribution in [0.15, 0.2) is 0 Å². The van der Waals surface area contributed by atoms with Gasteiger partial charge in [-0.25, -0.2) is 0 Å². The molecule has 4 rings (SSSR count). The molecule has 1 spiro atoms. The van der Waals surface area contributed by atoms with E-state index in [-0.39, 0.29) is 5.60 Å². The Hall–Kier alpha value is -0.200. The van der Waals surface area contributed by atoms with Crippen molar-refractivity contribution in [1.29, 1.82) is 0 Å². The fourth-order valence-corrected chi connectivity index (χ4v) is 4.12. The van der Waals surface area contributed by atoms with E-state index < -0.39 is 0 Å². The molecule has 0 bridgehead atoms. The van der Waals surface area contributed by atoms with Gasteiger partial charge in [-0.3, -0.25) is 9.80 Å². The maximum atomic E-state index is 6.56. The van der Waals surface area contributed by atoms with Crippen LogP contribution in [0.25, 0.3) is 0 Å². The van der Waals surface area contributed by atoms with E-state index in [9.17, 15) is 0 Å². The van der Waals surface area contributed by atoms with Crippen molar-refractivity contribution in [1.82, 2.24) is 9.80 Å². The summed E-state index contributed by atoms with van der Waals surface area (Å²) in [6, 6.07) is 0. The van der Waals surface area contributed by atoms with Gasteiger partial charge in [0.2, 0.25) is 0 Å². The first-order valence-corrected chi connectivity index (χ1v) is 9.09. The van der Waals surface area contributed by atoms with E-state index in [4.69, 9.17) is 14.2 Å². The molecule has 3 aliphatic heterocycles. The largest absolute Gasteiger partial charge is 0.379 e. The summed E-state index contributed by atoms with van der Waals surface area (Å²) in [6.45, 7) is 9.97. The van der Waals surface area contributed by atoms with Gasteiger partial charge in [0, 0.05) is 39.3 Å². The lowest BCUT2D eigenvalue weighted by atomic mass is 10.00. The molecule has 0 aromatic heterocycles. The van der Waals surface area contributed by atoms with Crippen LogP contribution in [0, 0.1) is 5.92 Å². The van der Waals surface area contributed by atoms with Crippen LogP contribution in [-0.4, -0.2) is 87.2 Å². The number of morpholine rings is 1. The summed E-state index contributed by atoms with van der Waals surface area (Å²) in [5.74, 6) is 0.945. The lowest BCUT2D eigenvalue weighted by Gasteiger charge is -2.33. The number of ether oxygens (including phenoxy) is 3. The summed E-state index contributed by atoms with van der Waals surface area (Å²) in [6.07, 6.45) is 5.55. The molecule has 3 saturated heterocycles. The van der Waals surface area contributed by atoms with Crippen LogP contribution in [0.5, 0.6) is 0 Å². The van der Waals surface area contributed by atoms with Crippen LogP contribution < -0.4 is 0 Å². The Balaban J connectivity index is 1.32. The van der Waals surface area contributed by atoms with Crippen LogP contribution in [0.2, 0.25) is 0 Å². The predicted octanol–water partition coefficient (Wildman–Crippen LogP) is 0.979. The number of nitrogens with zero attached hydrogens (tertiary/aromatic N) is 2. The SMILES string of the molecule is C1CN(C[C@@H]2CC[C@@]3(COCCN(CC4CC4)C3)O2)CCO1. The summed E-state index contributed by atoms with van der Waals surface area (Å²) in [5.41, 5.74) is -0.0393. The summed E-state index contributed by atoms with van der Waals surface area (Å²) in [4.78, 5) is 5.09. The fraction of sp³-hybridized carbons (Fsp3) is 1.00. The molecular formula is C17H30N2O3. The maximum Gasteiger partial charge on any atom is 0.105 e. The standard InChI is InChI=1S/C17H30N2O3/c1-2-15(1)11-19-7-10-21-14-17(13-19)4-3-16(22-17)12-18-5-8-20-9-6-18/h15-16H,1-14H2/t16-,17+/m0/s1. The van der Waals surface area contributed by atoms with Gasteiger partial charge in [0.15, 0.2) is 0 Å². The Morgan fingerprint density at radius 3 is 2.45 bits per heavy atom. The molecule has 4 fully saturated rings. The lowest BCUT2D eigenvalue weighted by Crippen LogP contribution is -2.46. The van der Waals surface area contributed by atoms with E-state index in [2.05, 4.69) is 9.80 Å². The molecule has 0 aromatic rings. The lowest BCUT2D eigenvalue weighted by molar-refractivity contribution is -0.0964. The smallest absolute Gasteiger partial charge is 0.105 e. The van der Waals surface area contributed by atoms with Crippen molar-refractivity contribution in [3.63, 3.8) is 0 Å². The van der Waals surface area contributed by atoms with E-state index >= 15 is 0 Å². The van der Waals surface area contributed by atoms with Gasteiger partial charge < -0.3 is 14.2 Å². The zero-order valence-corrected chi connectivity index (χ0v) is 13.7. The number of rotatable bonds is 4. The van der Waals surface area contributed by atoms with E-state index in [1.165, 1.54) is 25.8 Å². The first-order chi connectivity index (χ1) is 10.8. The van der Waals surface area contributed by atoms with Crippen molar-refractivity contribution < 1.29 is 14.2 Å². The van der Waals surface area contributed by atoms with Crippen LogP contribution in [0.4, 0.5) is 0 Å². The average molecular weight is 310 g/mol. The zero-order valence-electron chi connectivity index (χ0n) is 13.7. The van der Waals surface area contributed by atoms with Crippen molar-refractivity contribution in [3.05, 3.63) is 0 Å². The minimum Gasteiger partial charge on any atom is -0.379 e. The molecule has 5 heteroatoms. The van der Waals surface area contributed by atoms with Crippen LogP contribution >= 0.6 is 0 Å². The van der Waals surface area contributed by atoms with E-state index in [1.54, 1.807) is 0 Å². The zero-order chi connectivity index (χ0) is 14.8. The van der Waals surface area contributed by atoms with Crippen molar-refractivity contribution >= 4 is 0 Å². The molecule has 4 aliphatic rings. The molecule has 5 nitrogen and oxygen atoms in total. The molecular weight excluding hydrogens is 280 g/mol. The van der Waals surface area contributed by atoms with Gasteiger partial charge in [-0.05, 0) is 31.6 Å². The third kappa shape index (κ3) is 3.82. The van der Waals surface area contributed by atoms with Crippen molar-refractivity contribution in [2.45, 2.75) is 37.4 Å². The molecule has 0 aromatic carbocycles. The van der Waals surface area contributed by atoms with E-state index in [1.807, 2.05) is 0 Å². The maximum absolute atomic E-state index is 6.56. The van der Waals surface area contributed by atoms with Gasteiger partial charge in [0.05, 0.1) is 32.5 Å². The van der Waals surface area contributed by atoms with Gasteiger partial charge in [-0.2, -0.15) is 0 Å². The summed E-state index contributed by atoms with van der Waals surface area (Å²) < 4.78 is 17.9. The van der Waals surface area contributed by atoms with Crippen LogP contribution in [0.3, 0.4) is 0 Å². The molecule has 2 atom stereocenters. The monoisotopic (exact) mass is 310 g/mol. The predicted molar refractivity (Wildman–Crippen MR) is 84.1 cm³/mol. The number of hydrogen-bond acceptors (Lipinski definition) is 5. The molecule has 0 N–H and O–H groups in total. The van der Waals surface area contributed by atoms with Gasteiger partial charge in [0.1, 0.15) is 5.60 Å². The second kappa shape index (κ2) is 6.73. The topological polar surface area (TPSA) is 34.2 Å². The first kappa shape index (κ1) is 15.3. The first-order valence-electron chi connectivity index (χ1n) is 9.09. The highest BCUT2D eigenvalue weighted by Crippen LogP contribution is 2.35. The quantitative estimate of drug-likeness (QED) is 0.773. The van der Waals surface area contributed by atoms with Gasteiger partial charge in [-0.1, -0.05) is 0 Å². The Kier molecular flexibility index (Phi) is 4.69. The molecule has 1 aliphatic carbocycles. The average Bonchev–Trinajstić information content (AvgIpc) is 3.29. The third-order valence-electron chi connectivity index (χ3n) is 5.55. The molecule has 0 unspecified atom stereocenters. The van der Waals surface area contributed by atoms with Crippen LogP contribution in [0.1, 0.15) is 25.7 Å². The second-order valence-corrected chi connectivity index (χ2v) is 7.61. The Morgan fingerprint density at radius 2 is 1.64 bits per heavy atom. The molecule has 0 amide bonds.